The van der Waals surface area contributed by atoms with E-state index < -0.39 is 4.92 Å². The molecule has 1 rings (SSSR count). The lowest BCUT2D eigenvalue weighted by molar-refractivity contribution is -0.385. The molecule has 5 heteroatoms. The summed E-state index contributed by atoms with van der Waals surface area (Å²) in [7, 11) is 0. The summed E-state index contributed by atoms with van der Waals surface area (Å²) in [6.45, 7) is 0.524. The van der Waals surface area contributed by atoms with Crippen molar-refractivity contribution in [1.82, 2.24) is 0 Å². The molecule has 0 atom stereocenters. The standard InChI is InChI=1S/C18H27NO4/c20-15-11-7-5-3-1-2-4-6-8-12-16-23-18-14-10-9-13-17(18)19(21)22/h9-10,13-15H,1-8,11-12,16H2. The fraction of sp³-hybridized carbons (Fsp3) is 0.611. The van der Waals surface area contributed by atoms with Crippen molar-refractivity contribution in [2.45, 2.75) is 64.2 Å². The predicted molar refractivity (Wildman–Crippen MR) is 90.8 cm³/mol. The second-order valence-electron chi connectivity index (χ2n) is 5.71. The first-order valence-electron chi connectivity index (χ1n) is 8.55. The molecule has 0 aliphatic rings. The van der Waals surface area contributed by atoms with Gasteiger partial charge in [0.05, 0.1) is 11.5 Å². The van der Waals surface area contributed by atoms with Crippen LogP contribution >= 0.6 is 0 Å². The van der Waals surface area contributed by atoms with Crippen LogP contribution in [0.15, 0.2) is 24.3 Å². The van der Waals surface area contributed by atoms with Crippen molar-refractivity contribution >= 4 is 12.0 Å². The minimum atomic E-state index is -0.412. The van der Waals surface area contributed by atoms with Crippen LogP contribution in [0.1, 0.15) is 64.2 Å². The molecule has 0 amide bonds. The largest absolute Gasteiger partial charge is 0.487 e. The summed E-state index contributed by atoms with van der Waals surface area (Å²) in [5.74, 6) is 0.354. The molecule has 0 aliphatic carbocycles. The summed E-state index contributed by atoms with van der Waals surface area (Å²) in [5.41, 5.74) is 0.0297. The number of rotatable bonds is 14. The number of carbonyl (C=O) groups excluding carboxylic acids is 1. The maximum absolute atomic E-state index is 10.8. The Hall–Kier alpha value is -1.91. The average Bonchev–Trinajstić information content (AvgIpc) is 2.56. The number of para-hydroxylation sites is 2. The number of nitro groups is 1. The van der Waals surface area contributed by atoms with Crippen LogP contribution in [0.4, 0.5) is 5.69 Å². The quantitative estimate of drug-likeness (QED) is 0.207. The normalized spacial score (nSPS) is 10.4. The topological polar surface area (TPSA) is 69.4 Å². The van der Waals surface area contributed by atoms with Crippen LogP contribution in [0.3, 0.4) is 0 Å². The molecule has 23 heavy (non-hydrogen) atoms. The highest BCUT2D eigenvalue weighted by molar-refractivity contribution is 5.48. The number of ether oxygens (including phenoxy) is 1. The second kappa shape index (κ2) is 12.6. The summed E-state index contributed by atoms with van der Waals surface area (Å²) in [6, 6.07) is 6.49. The van der Waals surface area contributed by atoms with E-state index >= 15 is 0 Å². The van der Waals surface area contributed by atoms with E-state index in [1.54, 1.807) is 18.2 Å². The number of nitro benzene ring substituents is 1. The smallest absolute Gasteiger partial charge is 0.310 e. The highest BCUT2D eigenvalue weighted by Gasteiger charge is 2.12. The summed E-state index contributed by atoms with van der Waals surface area (Å²) in [4.78, 5) is 20.6. The lowest BCUT2D eigenvalue weighted by Crippen LogP contribution is -2.00. The molecular weight excluding hydrogens is 294 g/mol. The van der Waals surface area contributed by atoms with Crippen LogP contribution in [0.5, 0.6) is 5.75 Å². The van der Waals surface area contributed by atoms with E-state index in [4.69, 9.17) is 4.74 Å². The van der Waals surface area contributed by atoms with Crippen LogP contribution in [-0.2, 0) is 4.79 Å². The molecule has 128 valence electrons. The number of nitrogens with zero attached hydrogens (tertiary/aromatic N) is 1. The van der Waals surface area contributed by atoms with Gasteiger partial charge in [-0.1, -0.05) is 57.1 Å². The van der Waals surface area contributed by atoms with Crippen molar-refractivity contribution in [3.8, 4) is 5.75 Å². The third-order valence-electron chi connectivity index (χ3n) is 3.79. The molecule has 0 spiro atoms. The van der Waals surface area contributed by atoms with Gasteiger partial charge >= 0.3 is 5.69 Å². The third-order valence-corrected chi connectivity index (χ3v) is 3.79. The van der Waals surface area contributed by atoms with Gasteiger partial charge in [0.1, 0.15) is 6.29 Å². The fourth-order valence-electron chi connectivity index (χ4n) is 2.48. The molecule has 1 aromatic rings. The molecule has 0 fully saturated rings. The first-order chi connectivity index (χ1) is 11.3. The zero-order valence-corrected chi connectivity index (χ0v) is 13.7. The molecule has 0 radical (unpaired) electrons. The molecule has 5 nitrogen and oxygen atoms in total. The number of unbranched alkanes of at least 4 members (excludes halogenated alkanes) is 9. The van der Waals surface area contributed by atoms with E-state index in [1.807, 2.05) is 0 Å². The van der Waals surface area contributed by atoms with Crippen LogP contribution in [-0.4, -0.2) is 17.8 Å². The van der Waals surface area contributed by atoms with Crippen molar-refractivity contribution in [1.29, 1.82) is 0 Å². The highest BCUT2D eigenvalue weighted by Crippen LogP contribution is 2.25. The number of carbonyl (C=O) groups is 1. The molecule has 0 bridgehead atoms. The molecule has 0 saturated carbocycles. The molecule has 0 aromatic heterocycles. The average molecular weight is 321 g/mol. The Morgan fingerprint density at radius 3 is 2.09 bits per heavy atom. The molecule has 0 unspecified atom stereocenters. The Morgan fingerprint density at radius 2 is 1.48 bits per heavy atom. The number of hydrogen-bond donors (Lipinski definition) is 0. The van der Waals surface area contributed by atoms with Gasteiger partial charge in [0.25, 0.3) is 0 Å². The van der Waals surface area contributed by atoms with E-state index in [0.717, 1.165) is 32.0 Å². The Bertz CT molecular complexity index is 462. The monoisotopic (exact) mass is 321 g/mol. The lowest BCUT2D eigenvalue weighted by atomic mass is 10.1. The maximum Gasteiger partial charge on any atom is 0.310 e. The predicted octanol–water partition coefficient (Wildman–Crippen LogP) is 5.07. The fourth-order valence-corrected chi connectivity index (χ4v) is 2.48. The van der Waals surface area contributed by atoms with Gasteiger partial charge in [-0.25, -0.2) is 0 Å². The summed E-state index contributed by atoms with van der Waals surface area (Å²) >= 11 is 0. The summed E-state index contributed by atoms with van der Waals surface area (Å²) in [6.07, 6.45) is 12.0. The first-order valence-corrected chi connectivity index (χ1v) is 8.55. The van der Waals surface area contributed by atoms with Gasteiger partial charge in [0.2, 0.25) is 0 Å². The van der Waals surface area contributed by atoms with Crippen molar-refractivity contribution in [2.75, 3.05) is 6.61 Å². The highest BCUT2D eigenvalue weighted by atomic mass is 16.6. The number of hydrogen-bond acceptors (Lipinski definition) is 4. The van der Waals surface area contributed by atoms with Crippen molar-refractivity contribution in [3.05, 3.63) is 34.4 Å². The van der Waals surface area contributed by atoms with Crippen LogP contribution in [0, 0.1) is 10.1 Å². The van der Waals surface area contributed by atoms with E-state index in [0.29, 0.717) is 18.8 Å². The molecular formula is C18H27NO4. The number of benzene rings is 1. The van der Waals surface area contributed by atoms with E-state index in [9.17, 15) is 14.9 Å². The van der Waals surface area contributed by atoms with Gasteiger partial charge in [-0.2, -0.15) is 0 Å². The van der Waals surface area contributed by atoms with E-state index in [1.165, 1.54) is 38.2 Å². The van der Waals surface area contributed by atoms with Crippen LogP contribution in [0.2, 0.25) is 0 Å². The summed E-state index contributed by atoms with van der Waals surface area (Å²) < 4.78 is 5.51. The Labute approximate surface area is 138 Å². The Morgan fingerprint density at radius 1 is 0.913 bits per heavy atom. The second-order valence-corrected chi connectivity index (χ2v) is 5.71. The maximum atomic E-state index is 10.8. The zero-order chi connectivity index (χ0) is 16.8. The number of aldehydes is 1. The lowest BCUT2D eigenvalue weighted by Gasteiger charge is -2.06. The van der Waals surface area contributed by atoms with Crippen molar-refractivity contribution in [3.63, 3.8) is 0 Å². The van der Waals surface area contributed by atoms with Gasteiger partial charge in [-0.05, 0) is 18.9 Å². The van der Waals surface area contributed by atoms with E-state index in [2.05, 4.69) is 0 Å². The van der Waals surface area contributed by atoms with Gasteiger partial charge in [-0.3, -0.25) is 10.1 Å². The first kappa shape index (κ1) is 19.1. The Balaban J connectivity index is 1.98. The van der Waals surface area contributed by atoms with Gasteiger partial charge < -0.3 is 9.53 Å². The van der Waals surface area contributed by atoms with Gasteiger partial charge in [-0.15, -0.1) is 0 Å². The molecule has 0 heterocycles. The van der Waals surface area contributed by atoms with Crippen LogP contribution in [0.25, 0.3) is 0 Å². The third kappa shape index (κ3) is 8.96. The SMILES string of the molecule is O=CCCCCCCCCCCCOc1ccccc1[N+](=O)[O-]. The molecule has 0 saturated heterocycles. The Kier molecular flexibility index (Phi) is 10.5. The summed E-state index contributed by atoms with van der Waals surface area (Å²) in [5, 5.41) is 10.8. The van der Waals surface area contributed by atoms with Gasteiger partial charge in [0.15, 0.2) is 5.75 Å². The van der Waals surface area contributed by atoms with Crippen LogP contribution < -0.4 is 4.74 Å². The molecule has 1 aromatic carbocycles. The molecule has 0 aliphatic heterocycles. The van der Waals surface area contributed by atoms with E-state index in [-0.39, 0.29) is 5.69 Å². The minimum absolute atomic E-state index is 0.0297. The van der Waals surface area contributed by atoms with Crippen molar-refractivity contribution in [2.24, 2.45) is 0 Å². The minimum Gasteiger partial charge on any atom is -0.487 e. The van der Waals surface area contributed by atoms with Crippen molar-refractivity contribution < 1.29 is 14.5 Å². The molecule has 0 N–H and O–H groups in total. The van der Waals surface area contributed by atoms with Gasteiger partial charge in [0, 0.05) is 12.5 Å². The zero-order valence-electron chi connectivity index (χ0n) is 13.7.